The van der Waals surface area contributed by atoms with Crippen molar-refractivity contribution >= 4 is 23.2 Å². The Hall–Kier alpha value is -1.23. The van der Waals surface area contributed by atoms with Crippen LogP contribution in [0.25, 0.3) is 0 Å². The molecule has 1 atom stereocenters. The molecular formula is C12H11F2O2S. The summed E-state index contributed by atoms with van der Waals surface area (Å²) in [6, 6.07) is 3.49. The highest BCUT2D eigenvalue weighted by Crippen LogP contribution is 2.16. The summed E-state index contributed by atoms with van der Waals surface area (Å²) < 4.78 is 25.6. The van der Waals surface area contributed by atoms with Crippen LogP contribution in [0.15, 0.2) is 18.2 Å². The van der Waals surface area contributed by atoms with Gasteiger partial charge in [-0.2, -0.15) is 0 Å². The minimum Gasteiger partial charge on any atom is -0.291 e. The lowest BCUT2D eigenvalue weighted by Gasteiger charge is -2.08. The molecule has 1 aromatic rings. The average Bonchev–Trinajstić information content (AvgIpc) is 2.28. The molecule has 0 saturated carbocycles. The number of carbonyl (C=O) groups is 1. The molecule has 0 heterocycles. The van der Waals surface area contributed by atoms with Crippen molar-refractivity contribution in [2.75, 3.05) is 5.75 Å². The summed E-state index contributed by atoms with van der Waals surface area (Å²) in [5, 5.41) is -0.0875. The van der Waals surface area contributed by atoms with Crippen molar-refractivity contribution in [2.45, 2.75) is 13.3 Å². The van der Waals surface area contributed by atoms with Crippen molar-refractivity contribution in [3.05, 3.63) is 35.4 Å². The van der Waals surface area contributed by atoms with Crippen LogP contribution in [0.4, 0.5) is 8.78 Å². The minimum absolute atomic E-state index is 0.0875. The number of benzene rings is 1. The van der Waals surface area contributed by atoms with Crippen LogP contribution in [0.2, 0.25) is 0 Å². The van der Waals surface area contributed by atoms with Crippen molar-refractivity contribution in [1.29, 1.82) is 0 Å². The fourth-order valence-electron chi connectivity index (χ4n) is 1.30. The van der Waals surface area contributed by atoms with Gasteiger partial charge in [-0.3, -0.25) is 9.59 Å². The van der Waals surface area contributed by atoms with Gasteiger partial charge in [0, 0.05) is 18.6 Å². The first-order valence-electron chi connectivity index (χ1n) is 4.98. The molecule has 5 heteroatoms. The highest BCUT2D eigenvalue weighted by Gasteiger charge is 2.12. The Balaban J connectivity index is 2.63. The first kappa shape index (κ1) is 13.8. The zero-order valence-corrected chi connectivity index (χ0v) is 10.0. The Labute approximate surface area is 102 Å². The van der Waals surface area contributed by atoms with E-state index in [1.165, 1.54) is 13.0 Å². The molecule has 0 aliphatic rings. The Morgan fingerprint density at radius 1 is 1.41 bits per heavy atom. The molecule has 0 fully saturated rings. The normalized spacial score (nSPS) is 12.2. The molecule has 17 heavy (non-hydrogen) atoms. The molecule has 0 saturated heterocycles. The quantitative estimate of drug-likeness (QED) is 0.812. The lowest BCUT2D eigenvalue weighted by atomic mass is 10.0. The van der Waals surface area contributed by atoms with Crippen LogP contribution in [-0.2, 0) is 16.0 Å². The number of halogens is 2. The molecule has 0 aromatic heterocycles. The second-order valence-corrected chi connectivity index (χ2v) is 4.77. The van der Waals surface area contributed by atoms with Crippen molar-refractivity contribution in [2.24, 2.45) is 5.92 Å². The van der Waals surface area contributed by atoms with Gasteiger partial charge >= 0.3 is 0 Å². The Morgan fingerprint density at radius 3 is 2.65 bits per heavy atom. The lowest BCUT2D eigenvalue weighted by molar-refractivity contribution is -0.109. The summed E-state index contributed by atoms with van der Waals surface area (Å²) in [6.07, 6.45) is 2.05. The molecule has 1 unspecified atom stereocenters. The molecule has 91 valence electrons. The summed E-state index contributed by atoms with van der Waals surface area (Å²) in [4.78, 5) is 21.4. The monoisotopic (exact) mass is 257 g/mol. The van der Waals surface area contributed by atoms with Gasteiger partial charge in [-0.15, -0.1) is 0 Å². The second-order valence-electron chi connectivity index (χ2n) is 3.57. The molecule has 0 bridgehead atoms. The topological polar surface area (TPSA) is 34.1 Å². The van der Waals surface area contributed by atoms with E-state index >= 15 is 0 Å². The number of hydrogen-bond acceptors (Lipinski definition) is 3. The van der Waals surface area contributed by atoms with E-state index in [0.717, 1.165) is 23.9 Å². The highest BCUT2D eigenvalue weighted by atomic mass is 32.2. The zero-order chi connectivity index (χ0) is 12.8. The van der Waals surface area contributed by atoms with E-state index in [-0.39, 0.29) is 11.5 Å². The molecule has 0 aliphatic heterocycles. The first-order chi connectivity index (χ1) is 8.02. The smallest absolute Gasteiger partial charge is 0.202 e. The zero-order valence-electron chi connectivity index (χ0n) is 9.20. The van der Waals surface area contributed by atoms with E-state index in [9.17, 15) is 18.4 Å². The summed E-state index contributed by atoms with van der Waals surface area (Å²) in [7, 11) is 0. The molecule has 2 nitrogen and oxygen atoms in total. The number of carbonyl (C=O) groups excluding carboxylic acids is 2. The van der Waals surface area contributed by atoms with Gasteiger partial charge in [-0.25, -0.2) is 8.78 Å². The van der Waals surface area contributed by atoms with Crippen molar-refractivity contribution < 1.29 is 18.4 Å². The summed E-state index contributed by atoms with van der Waals surface area (Å²) in [5.74, 6) is -2.05. The highest BCUT2D eigenvalue weighted by molar-refractivity contribution is 8.13. The molecule has 0 amide bonds. The predicted octanol–water partition coefficient (Wildman–Crippen LogP) is 2.51. The maximum atomic E-state index is 12.9. The number of rotatable bonds is 5. The third-order valence-electron chi connectivity index (χ3n) is 2.12. The molecule has 0 spiro atoms. The van der Waals surface area contributed by atoms with Gasteiger partial charge in [0.2, 0.25) is 6.29 Å². The molecular weight excluding hydrogens is 246 g/mol. The Kier molecular flexibility index (Phi) is 5.28. The van der Waals surface area contributed by atoms with E-state index < -0.39 is 17.6 Å². The summed E-state index contributed by atoms with van der Waals surface area (Å²) >= 11 is 1.02. The standard InChI is InChI=1S/C12H11F2O2S/c1-8(16)17-7-10(6-15)4-9-2-3-11(13)12(14)5-9/h2-3,5,10H,4,7H2,1H3. The average molecular weight is 257 g/mol. The van der Waals surface area contributed by atoms with E-state index in [1.807, 2.05) is 0 Å². The van der Waals surface area contributed by atoms with Crippen LogP contribution in [0.5, 0.6) is 0 Å². The van der Waals surface area contributed by atoms with Crippen LogP contribution in [-0.4, -0.2) is 17.2 Å². The fraction of sp³-hybridized carbons (Fsp3) is 0.333. The molecule has 1 rings (SSSR count). The Bertz CT molecular complexity index is 421. The van der Waals surface area contributed by atoms with Gasteiger partial charge in [0.1, 0.15) is 0 Å². The Morgan fingerprint density at radius 2 is 2.12 bits per heavy atom. The van der Waals surface area contributed by atoms with E-state index in [4.69, 9.17) is 0 Å². The maximum absolute atomic E-state index is 12.9. The van der Waals surface area contributed by atoms with Crippen molar-refractivity contribution in [3.8, 4) is 0 Å². The third kappa shape index (κ3) is 4.65. The van der Waals surface area contributed by atoms with E-state index in [2.05, 4.69) is 0 Å². The van der Waals surface area contributed by atoms with Crippen molar-refractivity contribution in [1.82, 2.24) is 0 Å². The van der Waals surface area contributed by atoms with Crippen LogP contribution in [0.3, 0.4) is 0 Å². The number of hydrogen-bond donors (Lipinski definition) is 0. The molecule has 1 radical (unpaired) electrons. The van der Waals surface area contributed by atoms with Gasteiger partial charge < -0.3 is 0 Å². The van der Waals surface area contributed by atoms with Gasteiger partial charge in [0.25, 0.3) is 0 Å². The van der Waals surface area contributed by atoms with E-state index in [0.29, 0.717) is 11.3 Å². The molecule has 1 aromatic carbocycles. The molecule has 0 aliphatic carbocycles. The summed E-state index contributed by atoms with van der Waals surface area (Å²) in [6.45, 7) is 1.41. The van der Waals surface area contributed by atoms with Crippen LogP contribution in [0, 0.1) is 17.6 Å². The fourth-order valence-corrected chi connectivity index (χ4v) is 1.93. The lowest BCUT2D eigenvalue weighted by Crippen LogP contribution is -2.10. The molecule has 0 N–H and O–H groups in total. The third-order valence-corrected chi connectivity index (χ3v) is 3.10. The van der Waals surface area contributed by atoms with Crippen LogP contribution in [0.1, 0.15) is 12.5 Å². The van der Waals surface area contributed by atoms with Gasteiger partial charge in [0.15, 0.2) is 16.7 Å². The van der Waals surface area contributed by atoms with Gasteiger partial charge in [-0.1, -0.05) is 17.8 Å². The second kappa shape index (κ2) is 6.49. The summed E-state index contributed by atoms with van der Waals surface area (Å²) in [5.41, 5.74) is 0.515. The van der Waals surface area contributed by atoms with Crippen LogP contribution >= 0.6 is 11.8 Å². The minimum atomic E-state index is -0.939. The maximum Gasteiger partial charge on any atom is 0.202 e. The van der Waals surface area contributed by atoms with Crippen LogP contribution < -0.4 is 0 Å². The largest absolute Gasteiger partial charge is 0.291 e. The van der Waals surface area contributed by atoms with Crippen molar-refractivity contribution in [3.63, 3.8) is 0 Å². The predicted molar refractivity (Wildman–Crippen MR) is 62.4 cm³/mol. The van der Waals surface area contributed by atoms with Gasteiger partial charge in [-0.05, 0) is 24.1 Å². The SMILES string of the molecule is CC(=O)SCC([C]=O)Cc1ccc(F)c(F)c1. The number of thioether (sulfide) groups is 1. The first-order valence-corrected chi connectivity index (χ1v) is 5.96. The van der Waals surface area contributed by atoms with E-state index in [1.54, 1.807) is 6.29 Å². The van der Waals surface area contributed by atoms with Gasteiger partial charge in [0.05, 0.1) is 0 Å².